The zero-order valence-corrected chi connectivity index (χ0v) is 11.9. The van der Waals surface area contributed by atoms with E-state index in [9.17, 15) is 19.5 Å². The first-order valence-corrected chi connectivity index (χ1v) is 6.38. The molecule has 0 saturated heterocycles. The fraction of sp³-hybridized carbons (Fsp3) is 0.357. The predicted molar refractivity (Wildman–Crippen MR) is 73.6 cm³/mol. The molecular weight excluding hydrogens is 276 g/mol. The van der Waals surface area contributed by atoms with Crippen LogP contribution in [0.2, 0.25) is 0 Å². The van der Waals surface area contributed by atoms with Crippen molar-refractivity contribution in [3.05, 3.63) is 29.6 Å². The Balaban J connectivity index is 2.48. The molecule has 112 valence electrons. The number of carboxylic acid groups (broad SMARTS) is 1. The van der Waals surface area contributed by atoms with Crippen LogP contribution in [0.4, 0.5) is 0 Å². The summed E-state index contributed by atoms with van der Waals surface area (Å²) < 4.78 is 1.57. The zero-order chi connectivity index (χ0) is 15.9. The number of hydrogen-bond donors (Lipinski definition) is 3. The maximum absolute atomic E-state index is 12.5. The molecule has 0 spiro atoms. The number of Topliss-reactive ketones (excluding diaryl/α,β-unsaturated/α-hetero) is 1. The standard InChI is InChI=1S/C14H16N2O5/c1-7(13(20)21)15-12(19)9-10(17)8-5-4-6-16(8)14(2,3)11(9)18/h4-7,17H,1-3H3,(H,15,19)(H,20,21). The Labute approximate surface area is 120 Å². The molecule has 1 aliphatic rings. The highest BCUT2D eigenvalue weighted by atomic mass is 16.4. The van der Waals surface area contributed by atoms with Gasteiger partial charge in [0.05, 0.1) is 5.69 Å². The second-order valence-corrected chi connectivity index (χ2v) is 5.41. The topological polar surface area (TPSA) is 109 Å². The normalized spacial score (nSPS) is 18.1. The van der Waals surface area contributed by atoms with Crippen molar-refractivity contribution in [3.8, 4) is 0 Å². The van der Waals surface area contributed by atoms with Crippen molar-refractivity contribution in [2.75, 3.05) is 0 Å². The second-order valence-electron chi connectivity index (χ2n) is 5.41. The van der Waals surface area contributed by atoms with Gasteiger partial charge in [-0.1, -0.05) is 0 Å². The van der Waals surface area contributed by atoms with Crippen molar-refractivity contribution in [1.29, 1.82) is 0 Å². The number of nitrogens with one attached hydrogen (secondary N) is 1. The number of nitrogens with zero attached hydrogens (tertiary/aromatic N) is 1. The van der Waals surface area contributed by atoms with Gasteiger partial charge in [0, 0.05) is 6.20 Å². The monoisotopic (exact) mass is 292 g/mol. The van der Waals surface area contributed by atoms with E-state index in [1.165, 1.54) is 6.92 Å². The summed E-state index contributed by atoms with van der Waals surface area (Å²) in [6.45, 7) is 4.53. The zero-order valence-electron chi connectivity index (χ0n) is 11.9. The molecule has 0 bridgehead atoms. The molecule has 0 radical (unpaired) electrons. The van der Waals surface area contributed by atoms with Gasteiger partial charge in [0.2, 0.25) is 0 Å². The fourth-order valence-electron chi connectivity index (χ4n) is 2.25. The van der Waals surface area contributed by atoms with Gasteiger partial charge in [-0.2, -0.15) is 0 Å². The summed E-state index contributed by atoms with van der Waals surface area (Å²) in [5.74, 6) is -3.14. The molecule has 1 aliphatic heterocycles. The van der Waals surface area contributed by atoms with Gasteiger partial charge < -0.3 is 20.1 Å². The molecule has 3 N–H and O–H groups in total. The van der Waals surface area contributed by atoms with Crippen LogP contribution < -0.4 is 5.32 Å². The van der Waals surface area contributed by atoms with Gasteiger partial charge in [0.15, 0.2) is 11.5 Å². The number of aliphatic hydroxyl groups is 1. The number of carbonyl (C=O) groups is 3. The highest BCUT2D eigenvalue weighted by molar-refractivity contribution is 6.26. The van der Waals surface area contributed by atoms with Crippen LogP contribution in [0.15, 0.2) is 23.9 Å². The third-order valence-corrected chi connectivity index (χ3v) is 3.56. The van der Waals surface area contributed by atoms with Crippen LogP contribution in [0, 0.1) is 0 Å². The predicted octanol–water partition coefficient (Wildman–Crippen LogP) is 0.664. The average Bonchev–Trinajstić information content (AvgIpc) is 2.87. The highest BCUT2D eigenvalue weighted by Gasteiger charge is 2.43. The van der Waals surface area contributed by atoms with Gasteiger partial charge in [0.25, 0.3) is 5.91 Å². The quantitative estimate of drug-likeness (QED) is 0.709. The number of amides is 1. The van der Waals surface area contributed by atoms with E-state index in [2.05, 4.69) is 5.32 Å². The second kappa shape index (κ2) is 4.76. The van der Waals surface area contributed by atoms with Crippen molar-refractivity contribution in [2.24, 2.45) is 0 Å². The lowest BCUT2D eigenvalue weighted by molar-refractivity contribution is -0.141. The molecule has 7 nitrogen and oxygen atoms in total. The Hall–Kier alpha value is -2.57. The maximum atomic E-state index is 12.5. The Morgan fingerprint density at radius 3 is 2.57 bits per heavy atom. The van der Waals surface area contributed by atoms with E-state index in [0.29, 0.717) is 5.69 Å². The van der Waals surface area contributed by atoms with E-state index in [-0.39, 0.29) is 0 Å². The van der Waals surface area contributed by atoms with Crippen LogP contribution in [0.1, 0.15) is 26.5 Å². The summed E-state index contributed by atoms with van der Waals surface area (Å²) in [5.41, 5.74) is -1.11. The lowest BCUT2D eigenvalue weighted by Crippen LogP contribution is -2.47. The van der Waals surface area contributed by atoms with Gasteiger partial charge >= 0.3 is 5.97 Å². The number of rotatable bonds is 3. The lowest BCUT2D eigenvalue weighted by atomic mass is 9.87. The SMILES string of the molecule is CC(NC(=O)C1=C(O)c2cccn2C(C)(C)C1=O)C(=O)O. The van der Waals surface area contributed by atoms with Crippen molar-refractivity contribution < 1.29 is 24.6 Å². The van der Waals surface area contributed by atoms with Gasteiger partial charge in [-0.05, 0) is 32.9 Å². The molecule has 1 amide bonds. The number of carboxylic acids is 1. The molecule has 1 aromatic heterocycles. The third-order valence-electron chi connectivity index (χ3n) is 3.56. The molecule has 21 heavy (non-hydrogen) atoms. The molecule has 0 fully saturated rings. The molecule has 2 heterocycles. The minimum atomic E-state index is -1.23. The summed E-state index contributed by atoms with van der Waals surface area (Å²) in [6.07, 6.45) is 1.64. The summed E-state index contributed by atoms with van der Waals surface area (Å²) in [5, 5.41) is 21.2. The first-order chi connectivity index (χ1) is 9.67. The number of fused-ring (bicyclic) bond motifs is 1. The van der Waals surface area contributed by atoms with E-state index < -0.39 is 40.6 Å². The Kier molecular flexibility index (Phi) is 3.36. The molecule has 0 aliphatic carbocycles. The molecule has 1 aromatic rings. The van der Waals surface area contributed by atoms with Crippen molar-refractivity contribution >= 4 is 23.4 Å². The number of hydrogen-bond acceptors (Lipinski definition) is 4. The van der Waals surface area contributed by atoms with Crippen molar-refractivity contribution in [3.63, 3.8) is 0 Å². The van der Waals surface area contributed by atoms with Gasteiger partial charge in [0.1, 0.15) is 17.2 Å². The van der Waals surface area contributed by atoms with E-state index in [4.69, 9.17) is 5.11 Å². The number of ketones is 1. The number of carbonyl (C=O) groups excluding carboxylic acids is 2. The van der Waals surface area contributed by atoms with Crippen LogP contribution in [0.3, 0.4) is 0 Å². The van der Waals surface area contributed by atoms with Gasteiger partial charge in [-0.25, -0.2) is 0 Å². The van der Waals surface area contributed by atoms with E-state index in [0.717, 1.165) is 0 Å². The van der Waals surface area contributed by atoms with Gasteiger partial charge in [-0.15, -0.1) is 0 Å². The number of aliphatic hydroxyl groups excluding tert-OH is 1. The Morgan fingerprint density at radius 2 is 2.00 bits per heavy atom. The van der Waals surface area contributed by atoms with E-state index in [1.807, 2.05) is 0 Å². The van der Waals surface area contributed by atoms with Crippen molar-refractivity contribution in [2.45, 2.75) is 32.4 Å². The molecule has 0 saturated carbocycles. The first kappa shape index (κ1) is 14.8. The van der Waals surface area contributed by atoms with Gasteiger partial charge in [-0.3, -0.25) is 14.4 Å². The largest absolute Gasteiger partial charge is 0.505 e. The molecule has 1 atom stereocenters. The average molecular weight is 292 g/mol. The summed E-state index contributed by atoms with van der Waals surface area (Å²) in [6, 6.07) is 2.07. The summed E-state index contributed by atoms with van der Waals surface area (Å²) >= 11 is 0. The van der Waals surface area contributed by atoms with Crippen LogP contribution in [0.25, 0.3) is 5.76 Å². The fourth-order valence-corrected chi connectivity index (χ4v) is 2.25. The minimum Gasteiger partial charge on any atom is -0.505 e. The van der Waals surface area contributed by atoms with E-state index >= 15 is 0 Å². The molecule has 2 rings (SSSR count). The van der Waals surface area contributed by atoms with Crippen LogP contribution in [-0.2, 0) is 19.9 Å². The van der Waals surface area contributed by atoms with Crippen LogP contribution in [0.5, 0.6) is 0 Å². The summed E-state index contributed by atoms with van der Waals surface area (Å²) in [7, 11) is 0. The smallest absolute Gasteiger partial charge is 0.325 e. The highest BCUT2D eigenvalue weighted by Crippen LogP contribution is 2.33. The third kappa shape index (κ3) is 2.20. The summed E-state index contributed by atoms with van der Waals surface area (Å²) in [4.78, 5) is 35.4. The first-order valence-electron chi connectivity index (χ1n) is 6.38. The lowest BCUT2D eigenvalue weighted by Gasteiger charge is -2.32. The van der Waals surface area contributed by atoms with E-state index in [1.54, 1.807) is 36.7 Å². The molecular formula is C14H16N2O5. The molecule has 1 unspecified atom stereocenters. The van der Waals surface area contributed by atoms with Crippen molar-refractivity contribution in [1.82, 2.24) is 9.88 Å². The molecule has 7 heteroatoms. The molecule has 0 aromatic carbocycles. The van der Waals surface area contributed by atoms with Crippen LogP contribution in [-0.4, -0.2) is 38.5 Å². The Morgan fingerprint density at radius 1 is 1.38 bits per heavy atom. The maximum Gasteiger partial charge on any atom is 0.325 e. The Bertz CT molecular complexity index is 669. The van der Waals surface area contributed by atoms with Crippen LogP contribution >= 0.6 is 0 Å². The number of aromatic nitrogens is 1. The number of aliphatic carboxylic acids is 1. The minimum absolute atomic E-state index is 0.340.